The number of carboxylic acids is 1. The summed E-state index contributed by atoms with van der Waals surface area (Å²) in [4.78, 5) is 11.2. The Morgan fingerprint density at radius 1 is 1.37 bits per heavy atom. The smallest absolute Gasteiger partial charge is 0.326 e. The number of rotatable bonds is 6. The van der Waals surface area contributed by atoms with Crippen LogP contribution in [0.25, 0.3) is 0 Å². The molecule has 5 nitrogen and oxygen atoms in total. The normalized spacial score (nSPS) is 15.7. The Bertz CT molecular complexity index is 488. The van der Waals surface area contributed by atoms with Crippen LogP contribution in [-0.2, 0) is 4.79 Å². The molecule has 1 fully saturated rings. The maximum absolute atomic E-state index is 11.2. The molecule has 2 N–H and O–H groups in total. The molecule has 0 spiro atoms. The molecule has 0 heterocycles. The van der Waals surface area contributed by atoms with E-state index in [4.69, 9.17) is 21.1 Å². The van der Waals surface area contributed by atoms with Gasteiger partial charge in [-0.3, -0.25) is 0 Å². The number of hydrogen-bond acceptors (Lipinski definition) is 4. The topological polar surface area (TPSA) is 67.8 Å². The molecule has 19 heavy (non-hydrogen) atoms. The number of aliphatic carboxylic acids is 1. The Morgan fingerprint density at radius 3 is 2.47 bits per heavy atom. The molecule has 1 aliphatic rings. The van der Waals surface area contributed by atoms with Crippen LogP contribution in [0, 0.1) is 5.92 Å². The van der Waals surface area contributed by atoms with Crippen molar-refractivity contribution in [3.63, 3.8) is 0 Å². The van der Waals surface area contributed by atoms with Crippen molar-refractivity contribution >= 4 is 23.3 Å². The second kappa shape index (κ2) is 5.57. The summed E-state index contributed by atoms with van der Waals surface area (Å²) in [6, 6.07) is 2.65. The standard InChI is InChI=1S/C13H16ClNO4/c1-18-10-6-11(19-2)9(5-8(10)14)15-12(13(16)17)7-3-4-7/h5-7,12,15H,3-4H2,1-2H3,(H,16,17). The first-order valence-corrected chi connectivity index (χ1v) is 6.35. The van der Waals surface area contributed by atoms with Crippen LogP contribution < -0.4 is 14.8 Å². The largest absolute Gasteiger partial charge is 0.495 e. The third kappa shape index (κ3) is 3.04. The average molecular weight is 286 g/mol. The molecular weight excluding hydrogens is 270 g/mol. The van der Waals surface area contributed by atoms with Gasteiger partial charge in [-0.1, -0.05) is 11.6 Å². The Morgan fingerprint density at radius 2 is 2.00 bits per heavy atom. The maximum Gasteiger partial charge on any atom is 0.326 e. The van der Waals surface area contributed by atoms with E-state index in [2.05, 4.69) is 5.32 Å². The van der Waals surface area contributed by atoms with E-state index in [1.54, 1.807) is 12.1 Å². The van der Waals surface area contributed by atoms with Crippen molar-refractivity contribution in [1.82, 2.24) is 0 Å². The molecule has 0 radical (unpaired) electrons. The van der Waals surface area contributed by atoms with Gasteiger partial charge >= 0.3 is 5.97 Å². The third-order valence-electron chi connectivity index (χ3n) is 3.14. The van der Waals surface area contributed by atoms with Gasteiger partial charge in [-0.05, 0) is 24.8 Å². The van der Waals surface area contributed by atoms with Crippen molar-refractivity contribution in [1.29, 1.82) is 0 Å². The van der Waals surface area contributed by atoms with E-state index in [9.17, 15) is 9.90 Å². The second-order valence-electron chi connectivity index (χ2n) is 4.48. The molecule has 0 amide bonds. The quantitative estimate of drug-likeness (QED) is 0.841. The van der Waals surface area contributed by atoms with Crippen molar-refractivity contribution < 1.29 is 19.4 Å². The summed E-state index contributed by atoms with van der Waals surface area (Å²) in [5, 5.41) is 12.6. The number of carboxylic acid groups (broad SMARTS) is 1. The molecule has 0 saturated heterocycles. The molecule has 1 atom stereocenters. The second-order valence-corrected chi connectivity index (χ2v) is 4.89. The summed E-state index contributed by atoms with van der Waals surface area (Å²) in [6.07, 6.45) is 1.85. The van der Waals surface area contributed by atoms with Crippen LogP contribution in [0.5, 0.6) is 11.5 Å². The molecule has 1 aliphatic carbocycles. The third-order valence-corrected chi connectivity index (χ3v) is 3.44. The number of anilines is 1. The first kappa shape index (κ1) is 13.8. The molecule has 1 aromatic rings. The van der Waals surface area contributed by atoms with Crippen LogP contribution in [0.2, 0.25) is 5.02 Å². The summed E-state index contributed by atoms with van der Waals surface area (Å²) in [7, 11) is 3.03. The molecule has 0 bridgehead atoms. The number of benzene rings is 1. The minimum Gasteiger partial charge on any atom is -0.495 e. The van der Waals surface area contributed by atoms with Gasteiger partial charge in [-0.25, -0.2) is 4.79 Å². The Hall–Kier alpha value is -1.62. The molecule has 1 aromatic carbocycles. The van der Waals surface area contributed by atoms with Gasteiger partial charge in [0.1, 0.15) is 17.5 Å². The van der Waals surface area contributed by atoms with Crippen LogP contribution in [0.1, 0.15) is 12.8 Å². The van der Waals surface area contributed by atoms with Gasteiger partial charge in [-0.2, -0.15) is 0 Å². The lowest BCUT2D eigenvalue weighted by atomic mass is 10.1. The van der Waals surface area contributed by atoms with Crippen molar-refractivity contribution in [2.75, 3.05) is 19.5 Å². The average Bonchev–Trinajstić information content (AvgIpc) is 3.20. The van der Waals surface area contributed by atoms with Gasteiger partial charge in [0.05, 0.1) is 24.9 Å². The highest BCUT2D eigenvalue weighted by Gasteiger charge is 2.36. The van der Waals surface area contributed by atoms with Crippen LogP contribution in [-0.4, -0.2) is 31.3 Å². The number of carbonyl (C=O) groups is 1. The monoisotopic (exact) mass is 285 g/mol. The van der Waals surface area contributed by atoms with Crippen LogP contribution >= 0.6 is 11.6 Å². The molecule has 104 valence electrons. The fourth-order valence-electron chi connectivity index (χ4n) is 1.95. The Balaban J connectivity index is 2.27. The lowest BCUT2D eigenvalue weighted by Crippen LogP contribution is -2.31. The summed E-state index contributed by atoms with van der Waals surface area (Å²) >= 11 is 6.05. The molecule has 2 rings (SSSR count). The molecular formula is C13H16ClNO4. The van der Waals surface area contributed by atoms with Crippen molar-refractivity contribution in [2.45, 2.75) is 18.9 Å². The zero-order chi connectivity index (χ0) is 14.0. The first-order chi connectivity index (χ1) is 9.06. The number of ether oxygens (including phenoxy) is 2. The van der Waals surface area contributed by atoms with E-state index in [0.29, 0.717) is 22.2 Å². The first-order valence-electron chi connectivity index (χ1n) is 5.97. The zero-order valence-corrected chi connectivity index (χ0v) is 11.5. The molecule has 6 heteroatoms. The fourth-order valence-corrected chi connectivity index (χ4v) is 2.19. The maximum atomic E-state index is 11.2. The summed E-state index contributed by atoms with van der Waals surface area (Å²) < 4.78 is 10.3. The lowest BCUT2D eigenvalue weighted by molar-refractivity contribution is -0.138. The van der Waals surface area contributed by atoms with E-state index >= 15 is 0 Å². The minimum absolute atomic E-state index is 0.170. The summed E-state index contributed by atoms with van der Waals surface area (Å²) in [5.74, 6) is 0.301. The van der Waals surface area contributed by atoms with Gasteiger partial charge < -0.3 is 19.9 Å². The van der Waals surface area contributed by atoms with Crippen molar-refractivity contribution in [3.05, 3.63) is 17.2 Å². The van der Waals surface area contributed by atoms with E-state index in [0.717, 1.165) is 12.8 Å². The number of nitrogens with one attached hydrogen (secondary N) is 1. The predicted molar refractivity (Wildman–Crippen MR) is 72.3 cm³/mol. The summed E-state index contributed by atoms with van der Waals surface area (Å²) in [5.41, 5.74) is 0.563. The minimum atomic E-state index is -0.864. The highest BCUT2D eigenvalue weighted by molar-refractivity contribution is 6.32. The molecule has 1 unspecified atom stereocenters. The summed E-state index contributed by atoms with van der Waals surface area (Å²) in [6.45, 7) is 0. The SMILES string of the molecule is COc1cc(OC)c(NC(C(=O)O)C2CC2)cc1Cl. The van der Waals surface area contributed by atoms with Gasteiger partial charge in [0.25, 0.3) is 0 Å². The Labute approximate surface area is 116 Å². The van der Waals surface area contributed by atoms with E-state index in [-0.39, 0.29) is 5.92 Å². The highest BCUT2D eigenvalue weighted by Crippen LogP contribution is 2.39. The molecule has 0 aliphatic heterocycles. The van der Waals surface area contributed by atoms with E-state index in [1.165, 1.54) is 14.2 Å². The number of halogens is 1. The van der Waals surface area contributed by atoms with Gasteiger partial charge in [0.2, 0.25) is 0 Å². The van der Waals surface area contributed by atoms with Gasteiger partial charge in [0.15, 0.2) is 0 Å². The Kier molecular flexibility index (Phi) is 4.04. The van der Waals surface area contributed by atoms with E-state index < -0.39 is 12.0 Å². The highest BCUT2D eigenvalue weighted by atomic mass is 35.5. The number of hydrogen-bond donors (Lipinski definition) is 2. The predicted octanol–water partition coefficient (Wildman–Crippen LogP) is 2.63. The van der Waals surface area contributed by atoms with Crippen molar-refractivity contribution in [3.8, 4) is 11.5 Å². The van der Waals surface area contributed by atoms with Crippen LogP contribution in [0.3, 0.4) is 0 Å². The number of methoxy groups -OCH3 is 2. The fraction of sp³-hybridized carbons (Fsp3) is 0.462. The zero-order valence-electron chi connectivity index (χ0n) is 10.8. The molecule has 1 saturated carbocycles. The van der Waals surface area contributed by atoms with Gasteiger partial charge in [0, 0.05) is 6.07 Å². The van der Waals surface area contributed by atoms with Crippen LogP contribution in [0.15, 0.2) is 12.1 Å². The van der Waals surface area contributed by atoms with Crippen molar-refractivity contribution in [2.24, 2.45) is 5.92 Å². The van der Waals surface area contributed by atoms with Crippen LogP contribution in [0.4, 0.5) is 5.69 Å². The lowest BCUT2D eigenvalue weighted by Gasteiger charge is -2.18. The van der Waals surface area contributed by atoms with Gasteiger partial charge in [-0.15, -0.1) is 0 Å². The molecule has 0 aromatic heterocycles. The van der Waals surface area contributed by atoms with E-state index in [1.807, 2.05) is 0 Å².